The zero-order chi connectivity index (χ0) is 18.4. The lowest BCUT2D eigenvalue weighted by atomic mass is 10.0. The second kappa shape index (κ2) is 6.16. The van der Waals surface area contributed by atoms with E-state index >= 15 is 0 Å². The highest BCUT2D eigenvalue weighted by Gasteiger charge is 2.41. The Balaban J connectivity index is 1.69. The first kappa shape index (κ1) is 16.6. The van der Waals surface area contributed by atoms with Gasteiger partial charge in [0.05, 0.1) is 11.4 Å². The zero-order valence-corrected chi connectivity index (χ0v) is 15.3. The molecular weight excluding hydrogens is 326 g/mol. The number of para-hydroxylation sites is 1. The topological polar surface area (TPSA) is 52.7 Å². The molecule has 4 rings (SSSR count). The third-order valence-corrected chi connectivity index (χ3v) is 5.32. The van der Waals surface area contributed by atoms with Gasteiger partial charge in [0.1, 0.15) is 6.04 Å². The maximum atomic E-state index is 12.8. The predicted molar refractivity (Wildman–Crippen MR) is 104 cm³/mol. The highest BCUT2D eigenvalue weighted by atomic mass is 16.2. The van der Waals surface area contributed by atoms with E-state index in [1.165, 1.54) is 0 Å². The van der Waals surface area contributed by atoms with Gasteiger partial charge in [-0.05, 0) is 56.5 Å². The molecule has 0 aromatic heterocycles. The maximum Gasteiger partial charge on any atom is 0.255 e. The minimum absolute atomic E-state index is 0.0986. The molecular formula is C21H23N3O2. The van der Waals surface area contributed by atoms with Crippen LogP contribution in [0.2, 0.25) is 0 Å². The van der Waals surface area contributed by atoms with Gasteiger partial charge >= 0.3 is 0 Å². The summed E-state index contributed by atoms with van der Waals surface area (Å²) >= 11 is 0. The van der Waals surface area contributed by atoms with Crippen molar-refractivity contribution in [2.45, 2.75) is 38.8 Å². The first-order valence-electron chi connectivity index (χ1n) is 9.04. The molecule has 26 heavy (non-hydrogen) atoms. The lowest BCUT2D eigenvalue weighted by molar-refractivity contribution is -0.119. The minimum Gasteiger partial charge on any atom is -0.355 e. The molecule has 2 aromatic rings. The van der Waals surface area contributed by atoms with Crippen molar-refractivity contribution < 1.29 is 9.59 Å². The molecule has 5 heteroatoms. The monoisotopic (exact) mass is 349 g/mol. The Labute approximate surface area is 153 Å². The van der Waals surface area contributed by atoms with Gasteiger partial charge < -0.3 is 15.1 Å². The number of carbonyl (C=O) groups excluding carboxylic acids is 2. The molecule has 1 unspecified atom stereocenters. The van der Waals surface area contributed by atoms with E-state index in [-0.39, 0.29) is 17.9 Å². The molecule has 0 bridgehead atoms. The number of amides is 2. The van der Waals surface area contributed by atoms with Crippen LogP contribution in [0.5, 0.6) is 0 Å². The van der Waals surface area contributed by atoms with Gasteiger partial charge in [0, 0.05) is 24.3 Å². The molecule has 0 spiro atoms. The van der Waals surface area contributed by atoms with Crippen molar-refractivity contribution >= 4 is 28.9 Å². The van der Waals surface area contributed by atoms with Crippen LogP contribution in [-0.4, -0.2) is 30.9 Å². The number of benzene rings is 2. The van der Waals surface area contributed by atoms with Gasteiger partial charge in [-0.1, -0.05) is 18.2 Å². The number of carbonyl (C=O) groups is 2. The van der Waals surface area contributed by atoms with Gasteiger partial charge in [0.25, 0.3) is 5.91 Å². The van der Waals surface area contributed by atoms with E-state index in [0.29, 0.717) is 11.6 Å². The number of hydrogen-bond donors (Lipinski definition) is 1. The van der Waals surface area contributed by atoms with Gasteiger partial charge in [-0.3, -0.25) is 9.59 Å². The van der Waals surface area contributed by atoms with Crippen LogP contribution in [0.15, 0.2) is 42.5 Å². The van der Waals surface area contributed by atoms with Crippen molar-refractivity contribution in [2.24, 2.45) is 0 Å². The van der Waals surface area contributed by atoms with E-state index in [0.717, 1.165) is 35.5 Å². The van der Waals surface area contributed by atoms with Gasteiger partial charge in [-0.25, -0.2) is 0 Å². The van der Waals surface area contributed by atoms with Crippen LogP contribution < -0.4 is 15.1 Å². The molecule has 1 N–H and O–H groups in total. The van der Waals surface area contributed by atoms with Crippen LogP contribution in [0.3, 0.4) is 0 Å². The fraction of sp³-hybridized carbons (Fsp3) is 0.333. The van der Waals surface area contributed by atoms with Crippen LogP contribution >= 0.6 is 0 Å². The molecule has 5 nitrogen and oxygen atoms in total. The number of likely N-dealkylation sites (N-methyl/N-ethyl adjacent to an activating group) is 1. The molecule has 1 saturated carbocycles. The van der Waals surface area contributed by atoms with E-state index in [1.54, 1.807) is 18.0 Å². The summed E-state index contributed by atoms with van der Waals surface area (Å²) in [6, 6.07) is 13.5. The van der Waals surface area contributed by atoms with Gasteiger partial charge in [-0.15, -0.1) is 0 Å². The molecule has 1 atom stereocenters. The van der Waals surface area contributed by atoms with Crippen LogP contribution in [-0.2, 0) is 4.79 Å². The van der Waals surface area contributed by atoms with Crippen molar-refractivity contribution in [3.05, 3.63) is 53.6 Å². The largest absolute Gasteiger partial charge is 0.355 e. The average molecular weight is 349 g/mol. The summed E-state index contributed by atoms with van der Waals surface area (Å²) in [7, 11) is 1.80. The van der Waals surface area contributed by atoms with Crippen LogP contribution in [0, 0.1) is 6.92 Å². The Morgan fingerprint density at radius 2 is 1.85 bits per heavy atom. The smallest absolute Gasteiger partial charge is 0.255 e. The molecule has 0 radical (unpaired) electrons. The van der Waals surface area contributed by atoms with E-state index in [1.807, 2.05) is 50.2 Å². The first-order chi connectivity index (χ1) is 12.5. The molecule has 2 amide bonds. The lowest BCUT2D eigenvalue weighted by Crippen LogP contribution is -2.51. The fourth-order valence-corrected chi connectivity index (χ4v) is 3.65. The van der Waals surface area contributed by atoms with Gasteiger partial charge in [0.15, 0.2) is 0 Å². The number of anilines is 3. The predicted octanol–water partition coefficient (Wildman–Crippen LogP) is 3.58. The normalized spacial score (nSPS) is 19.3. The Bertz CT molecular complexity index is 889. The Morgan fingerprint density at radius 3 is 2.54 bits per heavy atom. The summed E-state index contributed by atoms with van der Waals surface area (Å²) in [5, 5.41) is 2.99. The van der Waals surface area contributed by atoms with Crippen LogP contribution in [0.4, 0.5) is 17.1 Å². The molecule has 1 aliphatic heterocycles. The van der Waals surface area contributed by atoms with E-state index in [4.69, 9.17) is 0 Å². The van der Waals surface area contributed by atoms with Crippen molar-refractivity contribution in [1.29, 1.82) is 0 Å². The van der Waals surface area contributed by atoms with Crippen LogP contribution in [0.25, 0.3) is 0 Å². The first-order valence-corrected chi connectivity index (χ1v) is 9.04. The van der Waals surface area contributed by atoms with Crippen molar-refractivity contribution in [1.82, 2.24) is 0 Å². The third-order valence-electron chi connectivity index (χ3n) is 5.32. The Kier molecular flexibility index (Phi) is 3.94. The van der Waals surface area contributed by atoms with E-state index in [2.05, 4.69) is 10.2 Å². The van der Waals surface area contributed by atoms with Crippen molar-refractivity contribution in [2.75, 3.05) is 22.2 Å². The summed E-state index contributed by atoms with van der Waals surface area (Å²) in [5.41, 5.74) is 4.28. The van der Waals surface area contributed by atoms with Crippen molar-refractivity contribution in [3.8, 4) is 0 Å². The molecule has 0 saturated heterocycles. The van der Waals surface area contributed by atoms with Crippen LogP contribution in [0.1, 0.15) is 35.7 Å². The number of aryl methyl sites for hydroxylation is 1. The SMILES string of the molecule is Cc1ccccc1NC(=O)c1ccc2c(c1)N(C1CC1)C(C)C(=O)N2C. The maximum absolute atomic E-state index is 12.8. The molecule has 2 aromatic carbocycles. The third kappa shape index (κ3) is 2.73. The van der Waals surface area contributed by atoms with E-state index < -0.39 is 0 Å². The van der Waals surface area contributed by atoms with Gasteiger partial charge in [0.2, 0.25) is 5.91 Å². The van der Waals surface area contributed by atoms with E-state index in [9.17, 15) is 9.59 Å². The molecule has 1 aliphatic carbocycles. The number of nitrogens with one attached hydrogen (secondary N) is 1. The molecule has 2 aliphatic rings. The fourth-order valence-electron chi connectivity index (χ4n) is 3.65. The Hall–Kier alpha value is -2.82. The summed E-state index contributed by atoms with van der Waals surface area (Å²) in [4.78, 5) is 29.2. The number of rotatable bonds is 3. The number of nitrogens with zero attached hydrogens (tertiary/aromatic N) is 2. The second-order valence-corrected chi connectivity index (χ2v) is 7.18. The summed E-state index contributed by atoms with van der Waals surface area (Å²) in [6.45, 7) is 3.92. The highest BCUT2D eigenvalue weighted by Crippen LogP contribution is 2.42. The van der Waals surface area contributed by atoms with Gasteiger partial charge in [-0.2, -0.15) is 0 Å². The standard InChI is InChI=1S/C21H23N3O2/c1-13-6-4-5-7-17(13)22-20(25)15-8-11-18-19(12-15)24(16-9-10-16)14(2)21(26)23(18)3/h4-8,11-12,14,16H,9-10H2,1-3H3,(H,22,25). The molecule has 1 heterocycles. The zero-order valence-electron chi connectivity index (χ0n) is 15.3. The summed E-state index contributed by atoms with van der Waals surface area (Å²) in [6.07, 6.45) is 2.20. The quantitative estimate of drug-likeness (QED) is 0.921. The number of hydrogen-bond acceptors (Lipinski definition) is 3. The molecule has 1 fully saturated rings. The summed E-state index contributed by atoms with van der Waals surface area (Å²) in [5.74, 6) is -0.0356. The van der Waals surface area contributed by atoms with Crippen molar-refractivity contribution in [3.63, 3.8) is 0 Å². The summed E-state index contributed by atoms with van der Waals surface area (Å²) < 4.78 is 0. The highest BCUT2D eigenvalue weighted by molar-refractivity contribution is 6.09. The Morgan fingerprint density at radius 1 is 1.12 bits per heavy atom. The number of fused-ring (bicyclic) bond motifs is 1. The molecule has 134 valence electrons. The lowest BCUT2D eigenvalue weighted by Gasteiger charge is -2.40. The second-order valence-electron chi connectivity index (χ2n) is 7.18. The minimum atomic E-state index is -0.199. The average Bonchev–Trinajstić information content (AvgIpc) is 3.46.